The predicted octanol–water partition coefficient (Wildman–Crippen LogP) is -1.90. The van der Waals surface area contributed by atoms with Crippen LogP contribution >= 0.6 is 0 Å². The van der Waals surface area contributed by atoms with Gasteiger partial charge in [-0.1, -0.05) is 0 Å². The number of aryl methyl sites for hydroxylation is 1. The van der Waals surface area contributed by atoms with Gasteiger partial charge in [0.25, 0.3) is 0 Å². The van der Waals surface area contributed by atoms with E-state index in [0.717, 1.165) is 6.42 Å². The Morgan fingerprint density at radius 3 is 2.40 bits per heavy atom. The second-order valence-corrected chi connectivity index (χ2v) is 11.1. The molecule has 0 fully saturated rings. The van der Waals surface area contributed by atoms with Crippen molar-refractivity contribution in [3.05, 3.63) is 40.5 Å². The summed E-state index contributed by atoms with van der Waals surface area (Å²) in [6.45, 7) is 9.10. The third kappa shape index (κ3) is 4.55. The van der Waals surface area contributed by atoms with E-state index < -0.39 is 32.7 Å². The van der Waals surface area contributed by atoms with E-state index in [2.05, 4.69) is 51.2 Å². The van der Waals surface area contributed by atoms with E-state index in [0.29, 0.717) is 3.63 Å². The van der Waals surface area contributed by atoms with E-state index in [1.807, 2.05) is 0 Å². The van der Waals surface area contributed by atoms with Crippen molar-refractivity contribution in [1.29, 1.82) is 0 Å². The number of hydrogen-bond donors (Lipinski definition) is 0. The van der Waals surface area contributed by atoms with Crippen LogP contribution in [0, 0.1) is 0 Å². The minimum Gasteiger partial charge on any atom is -1.00 e. The zero-order valence-corrected chi connectivity index (χ0v) is 17.7. The van der Waals surface area contributed by atoms with E-state index >= 15 is 0 Å². The molecule has 0 saturated heterocycles. The predicted molar refractivity (Wildman–Crippen MR) is 76.8 cm³/mol. The van der Waals surface area contributed by atoms with Gasteiger partial charge in [-0.25, -0.2) is 0 Å². The van der Waals surface area contributed by atoms with Gasteiger partial charge < -0.3 is 24.8 Å². The summed E-state index contributed by atoms with van der Waals surface area (Å²) in [5.41, 5.74) is 6.19. The number of hydrogen-bond acceptors (Lipinski definition) is 1. The summed E-state index contributed by atoms with van der Waals surface area (Å²) in [7, 11) is -0.851. The van der Waals surface area contributed by atoms with Crippen LogP contribution in [0.25, 0.3) is 6.08 Å². The van der Waals surface area contributed by atoms with Gasteiger partial charge in [-0.05, 0) is 0 Å². The Labute approximate surface area is 149 Å². The Kier molecular flexibility index (Phi) is 9.87. The summed E-state index contributed by atoms with van der Waals surface area (Å²) in [4.78, 5) is 0. The molecule has 0 aliphatic heterocycles. The molecule has 1 aromatic carbocycles. The topological polar surface area (TPSA) is 9.23 Å². The molecule has 1 aromatic rings. The van der Waals surface area contributed by atoms with Crippen LogP contribution < -0.4 is 24.8 Å². The molecule has 0 heterocycles. The average molecular weight is 409 g/mol. The number of benzene rings is 1. The molecule has 1 atom stereocenters. The van der Waals surface area contributed by atoms with Crippen LogP contribution in [-0.4, -0.2) is 9.04 Å². The van der Waals surface area contributed by atoms with E-state index in [1.165, 1.54) is 17.5 Å². The molecule has 0 bridgehead atoms. The molecular formula is C15H22Cl2OSiZr. The van der Waals surface area contributed by atoms with Crippen LogP contribution in [0.5, 0.6) is 0 Å². The second-order valence-electron chi connectivity index (χ2n) is 5.06. The number of rotatable bonds is 5. The van der Waals surface area contributed by atoms with E-state index in [4.69, 9.17) is 2.50 Å². The Hall–Kier alpha value is 0.600. The second kappa shape index (κ2) is 9.58. The van der Waals surface area contributed by atoms with Gasteiger partial charge in [0, 0.05) is 0 Å². The molecule has 0 N–H and O–H groups in total. The van der Waals surface area contributed by atoms with E-state index in [9.17, 15) is 0 Å². The third-order valence-corrected chi connectivity index (χ3v) is 10.8. The van der Waals surface area contributed by atoms with Crippen LogP contribution in [0.1, 0.15) is 40.6 Å². The van der Waals surface area contributed by atoms with Crippen molar-refractivity contribution in [1.82, 2.24) is 0 Å². The maximum atomic E-state index is 6.16. The molecule has 1 aliphatic rings. The molecule has 0 radical (unpaired) electrons. The van der Waals surface area contributed by atoms with Crippen molar-refractivity contribution in [3.63, 3.8) is 0 Å². The monoisotopic (exact) mass is 406 g/mol. The summed E-state index contributed by atoms with van der Waals surface area (Å²) >= 11 is -0.756. The molecule has 2 rings (SSSR count). The van der Waals surface area contributed by atoms with Crippen molar-refractivity contribution in [3.8, 4) is 0 Å². The molecule has 5 heteroatoms. The first-order valence-electron chi connectivity index (χ1n) is 6.90. The Morgan fingerprint density at radius 1 is 1.15 bits per heavy atom. The first kappa shape index (κ1) is 20.6. The van der Waals surface area contributed by atoms with Gasteiger partial charge in [0.05, 0.1) is 0 Å². The number of halogens is 2. The quantitative estimate of drug-likeness (QED) is 0.518. The Morgan fingerprint density at radius 2 is 1.85 bits per heavy atom. The van der Waals surface area contributed by atoms with Crippen LogP contribution in [0.2, 0.25) is 13.1 Å². The standard InChI is InChI=1S/C13H15.C2H7OSi.2ClH.Zr/c1-3-10-8-12-7-5-6-11(4-2)13(12)9-10;1-4(2)3;;;/h5-9H,3-4H2,1-2H3;4H,1-2H3;2*1H;/q;-1;;;+3/p-2. The molecule has 110 valence electrons. The van der Waals surface area contributed by atoms with Crippen LogP contribution in [-0.2, 0) is 32.6 Å². The van der Waals surface area contributed by atoms with Gasteiger partial charge in [0.1, 0.15) is 0 Å². The summed E-state index contributed by atoms with van der Waals surface area (Å²) in [5, 5.41) is 0. The average Bonchev–Trinajstić information content (AvgIpc) is 2.73. The molecule has 1 aliphatic carbocycles. The third-order valence-electron chi connectivity index (χ3n) is 3.45. The Balaban J connectivity index is 0.00000180. The zero-order chi connectivity index (χ0) is 13.1. The summed E-state index contributed by atoms with van der Waals surface area (Å²) in [5.74, 6) is 0. The van der Waals surface area contributed by atoms with Gasteiger partial charge in [0.2, 0.25) is 0 Å². The van der Waals surface area contributed by atoms with Crippen molar-refractivity contribution in [2.45, 2.75) is 43.4 Å². The van der Waals surface area contributed by atoms with Gasteiger partial charge in [-0.3, -0.25) is 0 Å². The fraction of sp³-hybridized carbons (Fsp3) is 0.467. The fourth-order valence-electron chi connectivity index (χ4n) is 2.49. The van der Waals surface area contributed by atoms with Crippen molar-refractivity contribution < 1.29 is 51.0 Å². The van der Waals surface area contributed by atoms with Crippen LogP contribution in [0.15, 0.2) is 23.8 Å². The zero-order valence-electron chi connectivity index (χ0n) is 12.5. The first-order chi connectivity index (χ1) is 8.67. The molecule has 20 heavy (non-hydrogen) atoms. The maximum absolute atomic E-state index is 6.16. The molecule has 0 spiro atoms. The van der Waals surface area contributed by atoms with Gasteiger partial charge >= 0.3 is 125 Å². The normalized spacial score (nSPS) is 15.8. The largest absolute Gasteiger partial charge is 1.00 e. The van der Waals surface area contributed by atoms with Gasteiger partial charge in [0.15, 0.2) is 0 Å². The molecule has 1 unspecified atom stereocenters. The number of allylic oxidation sites excluding steroid dienone is 1. The minimum absolute atomic E-state index is 0. The van der Waals surface area contributed by atoms with Crippen molar-refractivity contribution in [2.24, 2.45) is 0 Å². The summed E-state index contributed by atoms with van der Waals surface area (Å²) in [6, 6.07) is 6.82. The van der Waals surface area contributed by atoms with E-state index in [1.54, 1.807) is 11.1 Å². The maximum Gasteiger partial charge on any atom is -1.00 e. The number of fused-ring (bicyclic) bond motifs is 1. The first-order valence-corrected chi connectivity index (χ1v) is 12.1. The molecule has 0 saturated carbocycles. The summed E-state index contributed by atoms with van der Waals surface area (Å²) in [6.07, 6.45) is 4.76. The van der Waals surface area contributed by atoms with Gasteiger partial charge in [-0.2, -0.15) is 0 Å². The van der Waals surface area contributed by atoms with Crippen molar-refractivity contribution >= 4 is 15.1 Å². The fourth-order valence-corrected chi connectivity index (χ4v) is 7.92. The van der Waals surface area contributed by atoms with E-state index in [-0.39, 0.29) is 24.8 Å². The summed E-state index contributed by atoms with van der Waals surface area (Å²) < 4.78 is 6.83. The van der Waals surface area contributed by atoms with Crippen LogP contribution in [0.3, 0.4) is 0 Å². The Bertz CT molecular complexity index is 463. The smallest absolute Gasteiger partial charge is 1.00 e. The van der Waals surface area contributed by atoms with Crippen LogP contribution in [0.4, 0.5) is 0 Å². The van der Waals surface area contributed by atoms with Gasteiger partial charge in [-0.15, -0.1) is 0 Å². The van der Waals surface area contributed by atoms with Crippen molar-refractivity contribution in [2.75, 3.05) is 0 Å². The molecule has 0 amide bonds. The SMILES string of the molecule is CCC1=Cc2c(CC)cccc2[CH]1[Zr+2][O][SiH](C)C.[Cl-].[Cl-]. The molecular weight excluding hydrogens is 386 g/mol. The minimum atomic E-state index is -0.851. The molecule has 1 nitrogen and oxygen atoms in total. The molecule has 0 aromatic heterocycles.